The fourth-order valence-corrected chi connectivity index (χ4v) is 2.86. The van der Waals surface area contributed by atoms with E-state index in [9.17, 15) is 10.1 Å². The Morgan fingerprint density at radius 2 is 1.68 bits per heavy atom. The summed E-state index contributed by atoms with van der Waals surface area (Å²) in [6.45, 7) is 7.67. The normalized spacial score (nSPS) is 15.0. The SMILES string of the molecule is Cc1cccc(N2CCN(N=Nc3ccc([N+](=O)[O-])cc3)CC2)c1C. The Labute approximate surface area is 146 Å². The van der Waals surface area contributed by atoms with Crippen molar-refractivity contribution >= 4 is 17.1 Å². The number of nitro benzene ring substituents is 1. The van der Waals surface area contributed by atoms with Crippen LogP contribution in [0, 0.1) is 24.0 Å². The second kappa shape index (κ2) is 7.29. The van der Waals surface area contributed by atoms with Crippen molar-refractivity contribution in [1.29, 1.82) is 0 Å². The van der Waals surface area contributed by atoms with Crippen LogP contribution in [0.4, 0.5) is 17.1 Å². The Balaban J connectivity index is 1.59. The molecule has 1 aliphatic rings. The summed E-state index contributed by atoms with van der Waals surface area (Å²) >= 11 is 0. The highest BCUT2D eigenvalue weighted by atomic mass is 16.6. The summed E-state index contributed by atoms with van der Waals surface area (Å²) in [6.07, 6.45) is 0. The van der Waals surface area contributed by atoms with Crippen LogP contribution in [0.3, 0.4) is 0 Å². The van der Waals surface area contributed by atoms with E-state index in [0.29, 0.717) is 5.69 Å². The number of hydrogen-bond donors (Lipinski definition) is 0. The molecule has 3 rings (SSSR count). The highest BCUT2D eigenvalue weighted by Crippen LogP contribution is 2.24. The van der Waals surface area contributed by atoms with Crippen LogP contribution in [-0.2, 0) is 0 Å². The lowest BCUT2D eigenvalue weighted by molar-refractivity contribution is -0.384. The first-order valence-corrected chi connectivity index (χ1v) is 8.27. The van der Waals surface area contributed by atoms with Crippen LogP contribution in [0.1, 0.15) is 11.1 Å². The van der Waals surface area contributed by atoms with E-state index in [1.165, 1.54) is 28.9 Å². The highest BCUT2D eigenvalue weighted by molar-refractivity contribution is 5.56. The van der Waals surface area contributed by atoms with Crippen molar-refractivity contribution in [2.24, 2.45) is 10.3 Å². The van der Waals surface area contributed by atoms with Gasteiger partial charge in [0.05, 0.1) is 23.7 Å². The van der Waals surface area contributed by atoms with E-state index >= 15 is 0 Å². The van der Waals surface area contributed by atoms with Crippen LogP contribution in [0.25, 0.3) is 0 Å². The minimum absolute atomic E-state index is 0.0566. The zero-order valence-electron chi connectivity index (χ0n) is 14.4. The van der Waals surface area contributed by atoms with Crippen molar-refractivity contribution < 1.29 is 4.92 Å². The maximum atomic E-state index is 10.6. The third-order valence-electron chi connectivity index (χ3n) is 4.52. The molecular weight excluding hydrogens is 318 g/mol. The van der Waals surface area contributed by atoms with Gasteiger partial charge in [-0.25, -0.2) is 0 Å². The van der Waals surface area contributed by atoms with Gasteiger partial charge in [-0.05, 0) is 43.2 Å². The van der Waals surface area contributed by atoms with E-state index < -0.39 is 4.92 Å². The number of rotatable bonds is 4. The van der Waals surface area contributed by atoms with Crippen LogP contribution in [-0.4, -0.2) is 36.1 Å². The minimum Gasteiger partial charge on any atom is -0.368 e. The molecule has 0 bridgehead atoms. The second-order valence-corrected chi connectivity index (χ2v) is 6.12. The number of aryl methyl sites for hydroxylation is 1. The Bertz CT molecular complexity index is 781. The average molecular weight is 339 g/mol. The summed E-state index contributed by atoms with van der Waals surface area (Å²) in [7, 11) is 0. The average Bonchev–Trinajstić information content (AvgIpc) is 2.63. The summed E-state index contributed by atoms with van der Waals surface area (Å²) < 4.78 is 0. The molecule has 0 aliphatic carbocycles. The van der Waals surface area contributed by atoms with Gasteiger partial charge in [-0.15, -0.1) is 5.11 Å². The molecule has 0 aromatic heterocycles. The van der Waals surface area contributed by atoms with Crippen LogP contribution < -0.4 is 4.90 Å². The maximum absolute atomic E-state index is 10.6. The highest BCUT2D eigenvalue weighted by Gasteiger charge is 2.18. The lowest BCUT2D eigenvalue weighted by Gasteiger charge is -2.35. The van der Waals surface area contributed by atoms with Crippen LogP contribution >= 0.6 is 0 Å². The summed E-state index contributed by atoms with van der Waals surface area (Å²) in [5.41, 5.74) is 4.58. The third kappa shape index (κ3) is 3.93. The quantitative estimate of drug-likeness (QED) is 0.479. The number of nitrogens with zero attached hydrogens (tertiary/aromatic N) is 5. The molecule has 1 aliphatic heterocycles. The Morgan fingerprint density at radius 1 is 1.00 bits per heavy atom. The molecular formula is C18H21N5O2. The van der Waals surface area contributed by atoms with Crippen molar-refractivity contribution in [2.45, 2.75) is 13.8 Å². The van der Waals surface area contributed by atoms with E-state index in [0.717, 1.165) is 26.2 Å². The molecule has 1 fully saturated rings. The van der Waals surface area contributed by atoms with E-state index in [1.807, 2.05) is 5.01 Å². The lowest BCUT2D eigenvalue weighted by atomic mass is 10.1. The molecule has 1 saturated heterocycles. The molecule has 0 amide bonds. The summed E-state index contributed by atoms with van der Waals surface area (Å²) in [5.74, 6) is 0. The van der Waals surface area contributed by atoms with Gasteiger partial charge in [-0.1, -0.05) is 17.4 Å². The van der Waals surface area contributed by atoms with Gasteiger partial charge in [0.1, 0.15) is 0 Å². The Morgan fingerprint density at radius 3 is 2.32 bits per heavy atom. The molecule has 2 aromatic rings. The zero-order chi connectivity index (χ0) is 17.8. The molecule has 0 unspecified atom stereocenters. The first-order chi connectivity index (χ1) is 12.0. The molecule has 0 atom stereocenters. The third-order valence-corrected chi connectivity index (χ3v) is 4.52. The van der Waals surface area contributed by atoms with Gasteiger partial charge in [0, 0.05) is 30.9 Å². The van der Waals surface area contributed by atoms with Crippen molar-refractivity contribution in [3.8, 4) is 0 Å². The molecule has 2 aromatic carbocycles. The first kappa shape index (κ1) is 16.9. The van der Waals surface area contributed by atoms with E-state index in [-0.39, 0.29) is 5.69 Å². The monoisotopic (exact) mass is 339 g/mol. The van der Waals surface area contributed by atoms with Gasteiger partial charge in [0.2, 0.25) is 0 Å². The second-order valence-electron chi connectivity index (χ2n) is 6.12. The summed E-state index contributed by atoms with van der Waals surface area (Å²) in [5, 5.41) is 21.0. The molecule has 7 heteroatoms. The van der Waals surface area contributed by atoms with Gasteiger partial charge < -0.3 is 4.90 Å². The molecule has 25 heavy (non-hydrogen) atoms. The fourth-order valence-electron chi connectivity index (χ4n) is 2.86. The maximum Gasteiger partial charge on any atom is 0.269 e. The molecule has 7 nitrogen and oxygen atoms in total. The van der Waals surface area contributed by atoms with Gasteiger partial charge in [-0.2, -0.15) is 0 Å². The van der Waals surface area contributed by atoms with Crippen molar-refractivity contribution in [3.05, 3.63) is 63.7 Å². The number of piperazine rings is 1. The molecule has 0 N–H and O–H groups in total. The topological polar surface area (TPSA) is 74.3 Å². The Hall–Kier alpha value is -2.96. The molecule has 0 radical (unpaired) electrons. The minimum atomic E-state index is -0.423. The standard InChI is InChI=1S/C18H21N5O2/c1-14-4-3-5-18(15(14)2)21-10-12-22(13-11-21)20-19-16-6-8-17(9-7-16)23(24)25/h3-9H,10-13H2,1-2H3. The molecule has 130 valence electrons. The van der Waals surface area contributed by atoms with Crippen LogP contribution in [0.2, 0.25) is 0 Å². The molecule has 1 heterocycles. The predicted octanol–water partition coefficient (Wildman–Crippen LogP) is 4.03. The molecule has 0 saturated carbocycles. The number of anilines is 1. The summed E-state index contributed by atoms with van der Waals surface area (Å²) in [4.78, 5) is 12.6. The number of non-ortho nitro benzene ring substituents is 1. The van der Waals surface area contributed by atoms with Crippen molar-refractivity contribution in [2.75, 3.05) is 31.1 Å². The summed E-state index contributed by atoms with van der Waals surface area (Å²) in [6, 6.07) is 12.5. The number of hydrogen-bond acceptors (Lipinski definition) is 5. The lowest BCUT2D eigenvalue weighted by Crippen LogP contribution is -2.44. The van der Waals surface area contributed by atoms with E-state index in [4.69, 9.17) is 0 Å². The van der Waals surface area contributed by atoms with Crippen LogP contribution in [0.15, 0.2) is 52.8 Å². The fraction of sp³-hybridized carbons (Fsp3) is 0.333. The van der Waals surface area contributed by atoms with Crippen molar-refractivity contribution in [3.63, 3.8) is 0 Å². The van der Waals surface area contributed by atoms with Gasteiger partial charge in [0.25, 0.3) is 5.69 Å². The molecule has 0 spiro atoms. The zero-order valence-corrected chi connectivity index (χ0v) is 14.4. The van der Waals surface area contributed by atoms with Gasteiger partial charge in [-0.3, -0.25) is 15.1 Å². The van der Waals surface area contributed by atoms with E-state index in [1.54, 1.807) is 12.1 Å². The van der Waals surface area contributed by atoms with Gasteiger partial charge >= 0.3 is 0 Å². The van der Waals surface area contributed by atoms with Gasteiger partial charge in [0.15, 0.2) is 0 Å². The van der Waals surface area contributed by atoms with Crippen LogP contribution in [0.5, 0.6) is 0 Å². The first-order valence-electron chi connectivity index (χ1n) is 8.27. The van der Waals surface area contributed by atoms with E-state index in [2.05, 4.69) is 47.3 Å². The predicted molar refractivity (Wildman–Crippen MR) is 97.3 cm³/mol. The van der Waals surface area contributed by atoms with Crippen molar-refractivity contribution in [1.82, 2.24) is 5.01 Å². The largest absolute Gasteiger partial charge is 0.368 e. The number of benzene rings is 2. The Kier molecular flexibility index (Phi) is 4.92. The number of nitro groups is 1. The smallest absolute Gasteiger partial charge is 0.269 e.